The summed E-state index contributed by atoms with van der Waals surface area (Å²) >= 11 is 0. The second kappa shape index (κ2) is 9.51. The molecule has 1 aromatic carbocycles. The van der Waals surface area contributed by atoms with E-state index in [1.54, 1.807) is 28.2 Å². The van der Waals surface area contributed by atoms with E-state index >= 15 is 0 Å². The third-order valence-electron chi connectivity index (χ3n) is 5.19. The Morgan fingerprint density at radius 2 is 1.28 bits per heavy atom. The van der Waals surface area contributed by atoms with Crippen LogP contribution >= 0.6 is 0 Å². The predicted octanol–water partition coefficient (Wildman–Crippen LogP) is -1.06. The average molecular weight is 404 g/mol. The SMILES string of the molecule is CN1CC(=O)N(C)C(Cc2ccccc2CO)C1=O.CN1CC(=O)N(C)CC1=O. The lowest BCUT2D eigenvalue weighted by atomic mass is 9.98. The van der Waals surface area contributed by atoms with Crippen LogP contribution < -0.4 is 0 Å². The number of rotatable bonds is 3. The summed E-state index contributed by atoms with van der Waals surface area (Å²) in [5.41, 5.74) is 1.70. The summed E-state index contributed by atoms with van der Waals surface area (Å²) in [5, 5.41) is 9.31. The Labute approximate surface area is 170 Å². The van der Waals surface area contributed by atoms with Crippen molar-refractivity contribution in [3.8, 4) is 0 Å². The maximum Gasteiger partial charge on any atom is 0.245 e. The van der Waals surface area contributed by atoms with E-state index < -0.39 is 6.04 Å². The summed E-state index contributed by atoms with van der Waals surface area (Å²) in [7, 11) is 6.55. The molecule has 2 aliphatic heterocycles. The zero-order chi connectivity index (χ0) is 21.7. The van der Waals surface area contributed by atoms with Gasteiger partial charge >= 0.3 is 0 Å². The van der Waals surface area contributed by atoms with Gasteiger partial charge in [-0.25, -0.2) is 0 Å². The van der Waals surface area contributed by atoms with Gasteiger partial charge in [0.2, 0.25) is 23.6 Å². The Balaban J connectivity index is 0.000000253. The van der Waals surface area contributed by atoms with Crippen molar-refractivity contribution in [2.24, 2.45) is 0 Å². The first-order valence-corrected chi connectivity index (χ1v) is 9.31. The largest absolute Gasteiger partial charge is 0.392 e. The van der Waals surface area contributed by atoms with Crippen LogP contribution in [-0.4, -0.2) is 102 Å². The van der Waals surface area contributed by atoms with E-state index in [0.717, 1.165) is 11.1 Å². The minimum atomic E-state index is -0.487. The fourth-order valence-electron chi connectivity index (χ4n) is 3.15. The molecule has 9 heteroatoms. The van der Waals surface area contributed by atoms with E-state index in [4.69, 9.17) is 0 Å². The average Bonchev–Trinajstić information content (AvgIpc) is 2.69. The summed E-state index contributed by atoms with van der Waals surface area (Å²) in [6.45, 7) is 0.503. The van der Waals surface area contributed by atoms with Gasteiger partial charge in [0.1, 0.15) is 6.04 Å². The van der Waals surface area contributed by atoms with Gasteiger partial charge in [0.25, 0.3) is 0 Å². The molecule has 1 N–H and O–H groups in total. The Bertz CT molecular complexity index is 777. The van der Waals surface area contributed by atoms with Gasteiger partial charge in [0, 0.05) is 34.6 Å². The fourth-order valence-corrected chi connectivity index (χ4v) is 3.15. The maximum absolute atomic E-state index is 12.2. The summed E-state index contributed by atoms with van der Waals surface area (Å²) in [6, 6.07) is 6.94. The third-order valence-corrected chi connectivity index (χ3v) is 5.19. The van der Waals surface area contributed by atoms with E-state index in [9.17, 15) is 24.3 Å². The van der Waals surface area contributed by atoms with Crippen molar-refractivity contribution in [2.45, 2.75) is 19.1 Å². The van der Waals surface area contributed by atoms with Crippen molar-refractivity contribution in [2.75, 3.05) is 47.8 Å². The lowest BCUT2D eigenvalue weighted by Gasteiger charge is -2.36. The Hall–Kier alpha value is -2.94. The molecule has 0 radical (unpaired) electrons. The van der Waals surface area contributed by atoms with Gasteiger partial charge in [-0.2, -0.15) is 0 Å². The summed E-state index contributed by atoms with van der Waals surface area (Å²) in [4.78, 5) is 51.5. The number of carbonyl (C=O) groups excluding carboxylic acids is 4. The minimum absolute atomic E-state index is 0.00194. The Morgan fingerprint density at radius 1 is 0.793 bits per heavy atom. The smallest absolute Gasteiger partial charge is 0.245 e. The van der Waals surface area contributed by atoms with Crippen molar-refractivity contribution in [1.29, 1.82) is 0 Å². The van der Waals surface area contributed by atoms with Gasteiger partial charge in [-0.3, -0.25) is 19.2 Å². The zero-order valence-electron chi connectivity index (χ0n) is 17.3. The van der Waals surface area contributed by atoms with Gasteiger partial charge in [-0.1, -0.05) is 24.3 Å². The molecule has 3 rings (SSSR count). The number of hydrogen-bond donors (Lipinski definition) is 1. The number of nitrogens with zero attached hydrogens (tertiary/aromatic N) is 4. The first-order valence-electron chi connectivity index (χ1n) is 9.31. The van der Waals surface area contributed by atoms with E-state index in [2.05, 4.69) is 0 Å². The van der Waals surface area contributed by atoms with Crippen molar-refractivity contribution < 1.29 is 24.3 Å². The number of likely N-dealkylation sites (N-methyl/N-ethyl adjacent to an activating group) is 4. The van der Waals surface area contributed by atoms with Crippen LogP contribution in [0.2, 0.25) is 0 Å². The van der Waals surface area contributed by atoms with Crippen LogP contribution in [0.25, 0.3) is 0 Å². The number of piperazine rings is 2. The highest BCUT2D eigenvalue weighted by atomic mass is 16.3. The highest BCUT2D eigenvalue weighted by Gasteiger charge is 2.35. The van der Waals surface area contributed by atoms with Crippen LogP contribution in [0.15, 0.2) is 24.3 Å². The molecule has 0 bridgehead atoms. The molecule has 2 fully saturated rings. The molecule has 0 aromatic heterocycles. The van der Waals surface area contributed by atoms with Gasteiger partial charge in [0.05, 0.1) is 26.2 Å². The molecule has 0 saturated carbocycles. The molecule has 1 unspecified atom stereocenters. The van der Waals surface area contributed by atoms with Crippen LogP contribution in [0.4, 0.5) is 0 Å². The molecule has 0 aliphatic carbocycles. The molecular formula is C20H28N4O5. The van der Waals surface area contributed by atoms with Crippen LogP contribution in [0.3, 0.4) is 0 Å². The number of carbonyl (C=O) groups is 4. The van der Waals surface area contributed by atoms with Gasteiger partial charge in [-0.15, -0.1) is 0 Å². The zero-order valence-corrected chi connectivity index (χ0v) is 17.3. The van der Waals surface area contributed by atoms with Crippen molar-refractivity contribution >= 4 is 23.6 Å². The highest BCUT2D eigenvalue weighted by molar-refractivity contribution is 5.94. The predicted molar refractivity (Wildman–Crippen MR) is 106 cm³/mol. The second-order valence-electron chi connectivity index (χ2n) is 7.35. The molecule has 158 valence electrons. The molecular weight excluding hydrogens is 376 g/mol. The number of benzene rings is 1. The Kier molecular flexibility index (Phi) is 7.33. The number of amides is 4. The number of aliphatic hydroxyl groups excluding tert-OH is 1. The molecule has 2 saturated heterocycles. The van der Waals surface area contributed by atoms with Crippen LogP contribution in [0.1, 0.15) is 11.1 Å². The van der Waals surface area contributed by atoms with E-state index in [1.165, 1.54) is 19.6 Å². The Morgan fingerprint density at radius 3 is 1.79 bits per heavy atom. The molecule has 0 spiro atoms. The first-order chi connectivity index (χ1) is 13.6. The molecule has 29 heavy (non-hydrogen) atoms. The lowest BCUT2D eigenvalue weighted by Crippen LogP contribution is -2.58. The normalized spacial score (nSPS) is 20.1. The molecule has 1 atom stereocenters. The maximum atomic E-state index is 12.2. The van der Waals surface area contributed by atoms with Crippen molar-refractivity contribution in [1.82, 2.24) is 19.6 Å². The summed E-state index contributed by atoms with van der Waals surface area (Å²) in [5.74, 6) is -0.118. The molecule has 2 aliphatic rings. The summed E-state index contributed by atoms with van der Waals surface area (Å²) < 4.78 is 0. The van der Waals surface area contributed by atoms with Crippen LogP contribution in [0, 0.1) is 0 Å². The van der Waals surface area contributed by atoms with Crippen molar-refractivity contribution in [3.63, 3.8) is 0 Å². The lowest BCUT2D eigenvalue weighted by molar-refractivity contribution is -0.152. The topological polar surface area (TPSA) is 101 Å². The molecule has 9 nitrogen and oxygen atoms in total. The van der Waals surface area contributed by atoms with Gasteiger partial charge < -0.3 is 24.7 Å². The molecule has 1 aromatic rings. The monoisotopic (exact) mass is 404 g/mol. The molecule has 4 amide bonds. The second-order valence-corrected chi connectivity index (χ2v) is 7.35. The third kappa shape index (κ3) is 5.32. The summed E-state index contributed by atoms with van der Waals surface area (Å²) in [6.07, 6.45) is 0.433. The van der Waals surface area contributed by atoms with Gasteiger partial charge in [-0.05, 0) is 11.1 Å². The van der Waals surface area contributed by atoms with Crippen LogP contribution in [-0.2, 0) is 32.2 Å². The van der Waals surface area contributed by atoms with E-state index in [1.807, 2.05) is 24.3 Å². The number of hydrogen-bond acceptors (Lipinski definition) is 5. The number of aliphatic hydroxyl groups is 1. The van der Waals surface area contributed by atoms with Crippen LogP contribution in [0.5, 0.6) is 0 Å². The first kappa shape index (κ1) is 22.4. The quantitative estimate of drug-likeness (QED) is 0.692. The fraction of sp³-hybridized carbons (Fsp3) is 0.500. The minimum Gasteiger partial charge on any atom is -0.392 e. The van der Waals surface area contributed by atoms with E-state index in [0.29, 0.717) is 6.42 Å². The standard InChI is InChI=1S/C14H18N2O3.C6H10N2O2/c1-15-8-13(18)16(2)12(14(15)19)7-10-5-3-4-6-11(10)9-17;1-7-3-6(10)8(2)4-5(7)9/h3-6,12,17H,7-9H2,1-2H3;3-4H2,1-2H3. The van der Waals surface area contributed by atoms with Gasteiger partial charge in [0.15, 0.2) is 0 Å². The van der Waals surface area contributed by atoms with Crippen molar-refractivity contribution in [3.05, 3.63) is 35.4 Å². The molecule has 2 heterocycles. The van der Waals surface area contributed by atoms with E-state index in [-0.39, 0.29) is 49.9 Å². The highest BCUT2D eigenvalue weighted by Crippen LogP contribution is 2.17.